The van der Waals surface area contributed by atoms with Gasteiger partial charge in [0.25, 0.3) is 0 Å². The molecule has 104 valence electrons. The maximum absolute atomic E-state index is 11.6. The first-order valence-electron chi connectivity index (χ1n) is 6.46. The van der Waals surface area contributed by atoms with E-state index >= 15 is 0 Å². The Balaban J connectivity index is 0.00000200. The van der Waals surface area contributed by atoms with Gasteiger partial charge in [-0.25, -0.2) is 4.99 Å². The van der Waals surface area contributed by atoms with E-state index in [0.717, 1.165) is 6.42 Å². The van der Waals surface area contributed by atoms with Crippen LogP contribution >= 0.6 is 0 Å². The topological polar surface area (TPSA) is 82.0 Å². The van der Waals surface area contributed by atoms with E-state index in [4.69, 9.17) is 4.74 Å². The summed E-state index contributed by atoms with van der Waals surface area (Å²) < 4.78 is 5.56. The Hall–Kier alpha value is -0.690. The van der Waals surface area contributed by atoms with Gasteiger partial charge in [0.2, 0.25) is 0 Å². The number of aliphatic imine (C=N–C) groups is 1. The number of hydrogen-bond donors (Lipinski definition) is 0. The second-order valence-corrected chi connectivity index (χ2v) is 4.72. The molecule has 0 bridgehead atoms. The number of carbonyl (C=O) groups is 2. The third-order valence-corrected chi connectivity index (χ3v) is 3.21. The first-order valence-corrected chi connectivity index (χ1v) is 6.46. The fourth-order valence-electron chi connectivity index (χ4n) is 2.23. The van der Waals surface area contributed by atoms with Crippen LogP contribution in [0.3, 0.4) is 0 Å². The summed E-state index contributed by atoms with van der Waals surface area (Å²) in [5.74, 6) is -0.767. The molecule has 6 nitrogen and oxygen atoms in total. The second-order valence-electron chi connectivity index (χ2n) is 4.72. The van der Waals surface area contributed by atoms with Gasteiger partial charge < -0.3 is 19.5 Å². The number of ether oxygens (including phenoxy) is 1. The van der Waals surface area contributed by atoms with Crippen molar-refractivity contribution >= 4 is 17.5 Å². The van der Waals surface area contributed by atoms with Gasteiger partial charge in [-0.05, 0) is 6.42 Å². The smallest absolute Gasteiger partial charge is 0.550 e. The molecule has 1 atom stereocenters. The van der Waals surface area contributed by atoms with Crippen LogP contribution in [0.5, 0.6) is 0 Å². The van der Waals surface area contributed by atoms with Crippen LogP contribution in [-0.2, 0) is 14.3 Å². The molecule has 7 heteroatoms. The largest absolute Gasteiger partial charge is 1.00 e. The van der Waals surface area contributed by atoms with Crippen LogP contribution in [0.25, 0.3) is 0 Å². The Labute approximate surface area is 140 Å². The summed E-state index contributed by atoms with van der Waals surface area (Å²) >= 11 is 0. The standard InChI is InChI=1S/C13H18N2O4.Na/c1-2-11-8-15(3-4-19-11)12-7-10(16)5-9(14-12)6-13(17)18;/h7,11H,2-6,8H2,1H3,(H,17,18);/q;+1/p-1. The Morgan fingerprint density at radius 3 is 3.00 bits per heavy atom. The number of morpholine rings is 1. The van der Waals surface area contributed by atoms with Crippen molar-refractivity contribution in [3.05, 3.63) is 11.9 Å². The van der Waals surface area contributed by atoms with Crippen molar-refractivity contribution in [1.29, 1.82) is 0 Å². The van der Waals surface area contributed by atoms with E-state index in [2.05, 4.69) is 4.99 Å². The minimum atomic E-state index is -1.21. The van der Waals surface area contributed by atoms with Crippen LogP contribution < -0.4 is 34.7 Å². The molecule has 1 unspecified atom stereocenters. The first-order chi connectivity index (χ1) is 9.08. The Kier molecular flexibility index (Phi) is 6.88. The van der Waals surface area contributed by atoms with Crippen LogP contribution in [0.4, 0.5) is 0 Å². The van der Waals surface area contributed by atoms with Crippen molar-refractivity contribution in [1.82, 2.24) is 4.90 Å². The minimum absolute atomic E-state index is 0. The van der Waals surface area contributed by atoms with Gasteiger partial charge in [0.05, 0.1) is 12.7 Å². The number of ketones is 1. The van der Waals surface area contributed by atoms with E-state index in [9.17, 15) is 14.7 Å². The Morgan fingerprint density at radius 2 is 2.35 bits per heavy atom. The molecule has 0 aliphatic carbocycles. The van der Waals surface area contributed by atoms with Gasteiger partial charge in [-0.2, -0.15) is 0 Å². The third kappa shape index (κ3) is 4.70. The summed E-state index contributed by atoms with van der Waals surface area (Å²) in [6.07, 6.45) is 2.29. The second kappa shape index (κ2) is 7.93. The maximum atomic E-state index is 11.6. The predicted octanol–water partition coefficient (Wildman–Crippen LogP) is -3.50. The van der Waals surface area contributed by atoms with Crippen molar-refractivity contribution in [2.75, 3.05) is 19.7 Å². The van der Waals surface area contributed by atoms with Gasteiger partial charge >= 0.3 is 29.6 Å². The van der Waals surface area contributed by atoms with Crippen LogP contribution in [0.1, 0.15) is 26.2 Å². The number of allylic oxidation sites excluding steroid dienone is 1. The molecule has 0 spiro atoms. The van der Waals surface area contributed by atoms with E-state index in [0.29, 0.717) is 31.2 Å². The maximum Gasteiger partial charge on any atom is 1.00 e. The fourth-order valence-corrected chi connectivity index (χ4v) is 2.23. The molecule has 0 amide bonds. The van der Waals surface area contributed by atoms with Crippen molar-refractivity contribution in [3.8, 4) is 0 Å². The molecule has 0 aromatic carbocycles. The van der Waals surface area contributed by atoms with Crippen molar-refractivity contribution in [2.24, 2.45) is 4.99 Å². The van der Waals surface area contributed by atoms with Crippen molar-refractivity contribution < 1.29 is 49.0 Å². The molecule has 0 aromatic heterocycles. The zero-order chi connectivity index (χ0) is 13.8. The van der Waals surface area contributed by atoms with Crippen LogP contribution in [-0.4, -0.2) is 48.2 Å². The zero-order valence-corrected chi connectivity index (χ0v) is 13.9. The van der Waals surface area contributed by atoms with Gasteiger partial charge in [-0.3, -0.25) is 4.79 Å². The molecule has 2 heterocycles. The average molecular weight is 288 g/mol. The number of carboxylic acid groups (broad SMARTS) is 1. The number of carboxylic acids is 1. The number of nitrogens with zero attached hydrogens (tertiary/aromatic N) is 2. The summed E-state index contributed by atoms with van der Waals surface area (Å²) in [7, 11) is 0. The summed E-state index contributed by atoms with van der Waals surface area (Å²) in [4.78, 5) is 28.5. The van der Waals surface area contributed by atoms with E-state index in [1.54, 1.807) is 0 Å². The molecule has 2 rings (SSSR count). The number of aliphatic carboxylic acids is 1. The predicted molar refractivity (Wildman–Crippen MR) is 66.4 cm³/mol. The van der Waals surface area contributed by atoms with E-state index in [-0.39, 0.29) is 54.3 Å². The number of carbonyl (C=O) groups excluding carboxylic acids is 2. The quantitative estimate of drug-likeness (QED) is 0.501. The van der Waals surface area contributed by atoms with E-state index < -0.39 is 5.97 Å². The minimum Gasteiger partial charge on any atom is -0.550 e. The normalized spacial score (nSPS) is 22.8. The van der Waals surface area contributed by atoms with Crippen molar-refractivity contribution in [3.63, 3.8) is 0 Å². The summed E-state index contributed by atoms with van der Waals surface area (Å²) in [6, 6.07) is 0. The van der Waals surface area contributed by atoms with Gasteiger partial charge in [-0.15, -0.1) is 0 Å². The molecular weight excluding hydrogens is 271 g/mol. The van der Waals surface area contributed by atoms with Gasteiger partial charge in [0.15, 0.2) is 5.78 Å². The summed E-state index contributed by atoms with van der Waals surface area (Å²) in [5.41, 5.74) is 0.363. The first kappa shape index (κ1) is 17.4. The van der Waals surface area contributed by atoms with Gasteiger partial charge in [-0.1, -0.05) is 6.92 Å². The number of hydrogen-bond acceptors (Lipinski definition) is 6. The van der Waals surface area contributed by atoms with E-state index in [1.807, 2.05) is 11.8 Å². The molecule has 20 heavy (non-hydrogen) atoms. The Bertz CT molecular complexity index is 448. The summed E-state index contributed by atoms with van der Waals surface area (Å²) in [5, 5.41) is 10.6. The average Bonchev–Trinajstić information content (AvgIpc) is 2.37. The van der Waals surface area contributed by atoms with Crippen LogP contribution in [0, 0.1) is 0 Å². The molecule has 0 radical (unpaired) electrons. The van der Waals surface area contributed by atoms with Gasteiger partial charge in [0.1, 0.15) is 5.82 Å². The molecule has 1 fully saturated rings. The Morgan fingerprint density at radius 1 is 1.60 bits per heavy atom. The van der Waals surface area contributed by atoms with Crippen LogP contribution in [0.2, 0.25) is 0 Å². The molecule has 0 aromatic rings. The van der Waals surface area contributed by atoms with Crippen molar-refractivity contribution in [2.45, 2.75) is 32.3 Å². The number of rotatable bonds is 4. The zero-order valence-electron chi connectivity index (χ0n) is 11.9. The SMILES string of the molecule is CCC1CN(C2=CC(=O)CC(CC(=O)[O-])=N2)CCO1.[Na+]. The summed E-state index contributed by atoms with van der Waals surface area (Å²) in [6.45, 7) is 3.98. The third-order valence-electron chi connectivity index (χ3n) is 3.21. The van der Waals surface area contributed by atoms with Gasteiger partial charge in [0, 0.05) is 43.7 Å². The fraction of sp³-hybridized carbons (Fsp3) is 0.615. The molecule has 2 aliphatic heterocycles. The molecule has 2 aliphatic rings. The molecular formula is C13H17N2NaO4. The van der Waals surface area contributed by atoms with E-state index in [1.165, 1.54) is 6.08 Å². The molecule has 0 saturated carbocycles. The monoisotopic (exact) mass is 288 g/mol. The molecule has 1 saturated heterocycles. The molecule has 0 N–H and O–H groups in total. The van der Waals surface area contributed by atoms with Crippen LogP contribution in [0.15, 0.2) is 16.9 Å².